The van der Waals surface area contributed by atoms with Crippen molar-refractivity contribution in [3.63, 3.8) is 0 Å². The molecule has 2 N–H and O–H groups in total. The van der Waals surface area contributed by atoms with E-state index in [4.69, 9.17) is 5.73 Å². The summed E-state index contributed by atoms with van der Waals surface area (Å²) in [7, 11) is -0.228. The first-order chi connectivity index (χ1) is 7.69. The Morgan fingerprint density at radius 3 is 2.44 bits per heavy atom. The highest BCUT2D eigenvalue weighted by Gasteiger charge is 2.27. The summed E-state index contributed by atoms with van der Waals surface area (Å²) in [6.45, 7) is 4.67. The molecule has 18 heavy (non-hydrogen) atoms. The summed E-state index contributed by atoms with van der Waals surface area (Å²) in [6, 6.07) is 0. The van der Waals surface area contributed by atoms with E-state index < -0.39 is 10.0 Å². The predicted molar refractivity (Wildman–Crippen MR) is 73.1 cm³/mol. The van der Waals surface area contributed by atoms with Crippen molar-refractivity contribution in [1.29, 1.82) is 0 Å². The van der Waals surface area contributed by atoms with E-state index in [-0.39, 0.29) is 22.7 Å². The van der Waals surface area contributed by atoms with E-state index in [0.29, 0.717) is 13.1 Å². The average molecular weight is 297 g/mol. The zero-order chi connectivity index (χ0) is 13.3. The van der Waals surface area contributed by atoms with Crippen LogP contribution in [0.15, 0.2) is 17.3 Å². The summed E-state index contributed by atoms with van der Waals surface area (Å²) in [6.07, 6.45) is 2.84. The first-order valence-electron chi connectivity index (χ1n) is 5.34. The largest absolute Gasteiger partial charge is 0.330 e. The third-order valence-electron chi connectivity index (χ3n) is 2.59. The number of nitrogens with two attached hydrogens (primary N) is 1. The van der Waals surface area contributed by atoms with Crippen LogP contribution < -0.4 is 5.73 Å². The Kier molecular flexibility index (Phi) is 5.80. The van der Waals surface area contributed by atoms with Gasteiger partial charge >= 0.3 is 0 Å². The number of halogens is 1. The maximum atomic E-state index is 12.2. The normalized spacial score (nSPS) is 12.6. The van der Waals surface area contributed by atoms with Crippen molar-refractivity contribution in [2.24, 2.45) is 18.2 Å². The van der Waals surface area contributed by atoms with Gasteiger partial charge in [-0.15, -0.1) is 12.4 Å². The van der Waals surface area contributed by atoms with Crippen LogP contribution in [0.25, 0.3) is 0 Å². The molecule has 6 nitrogen and oxygen atoms in total. The fraction of sp³-hybridized carbons (Fsp3) is 0.700. The van der Waals surface area contributed by atoms with Crippen LogP contribution in [0.5, 0.6) is 0 Å². The van der Waals surface area contributed by atoms with Crippen molar-refractivity contribution in [2.45, 2.75) is 18.7 Å². The molecule has 1 aromatic heterocycles. The van der Waals surface area contributed by atoms with Crippen LogP contribution in [-0.2, 0) is 17.1 Å². The van der Waals surface area contributed by atoms with Crippen molar-refractivity contribution >= 4 is 22.4 Å². The number of rotatable bonds is 5. The number of aryl methyl sites for hydroxylation is 1. The summed E-state index contributed by atoms with van der Waals surface area (Å²) >= 11 is 0. The predicted octanol–water partition coefficient (Wildman–Crippen LogP) is 0.447. The van der Waals surface area contributed by atoms with Crippen LogP contribution in [0.2, 0.25) is 0 Å². The van der Waals surface area contributed by atoms with Gasteiger partial charge in [-0.2, -0.15) is 5.10 Å². The minimum absolute atomic E-state index is 0. The molecule has 0 atom stereocenters. The summed E-state index contributed by atoms with van der Waals surface area (Å²) in [5.74, 6) is 0. The Balaban J connectivity index is 0.00000289. The number of sulfonamides is 1. The van der Waals surface area contributed by atoms with Crippen molar-refractivity contribution in [3.05, 3.63) is 12.4 Å². The molecule has 1 heterocycles. The second-order valence-electron chi connectivity index (χ2n) is 4.98. The molecule has 8 heteroatoms. The molecule has 0 bridgehead atoms. The van der Waals surface area contributed by atoms with Gasteiger partial charge in [-0.1, -0.05) is 13.8 Å². The Labute approximate surface area is 115 Å². The Morgan fingerprint density at radius 1 is 1.50 bits per heavy atom. The van der Waals surface area contributed by atoms with Crippen LogP contribution >= 0.6 is 12.4 Å². The molecular formula is C10H21ClN4O2S. The molecule has 0 aromatic carbocycles. The molecule has 0 radical (unpaired) electrons. The highest BCUT2D eigenvalue weighted by Crippen LogP contribution is 2.19. The highest BCUT2D eigenvalue weighted by molar-refractivity contribution is 7.89. The van der Waals surface area contributed by atoms with Crippen LogP contribution in [0.1, 0.15) is 13.8 Å². The lowest BCUT2D eigenvalue weighted by atomic mass is 9.94. The molecule has 0 spiro atoms. The van der Waals surface area contributed by atoms with E-state index in [9.17, 15) is 8.42 Å². The number of hydrogen-bond donors (Lipinski definition) is 1. The van der Waals surface area contributed by atoms with Gasteiger partial charge in [-0.3, -0.25) is 4.68 Å². The van der Waals surface area contributed by atoms with Gasteiger partial charge < -0.3 is 5.73 Å². The van der Waals surface area contributed by atoms with Crippen molar-refractivity contribution in [1.82, 2.24) is 14.1 Å². The fourth-order valence-corrected chi connectivity index (χ4v) is 2.81. The molecule has 0 aliphatic heterocycles. The summed E-state index contributed by atoms with van der Waals surface area (Å²) < 4.78 is 27.1. The molecule has 1 aromatic rings. The average Bonchev–Trinajstić information content (AvgIpc) is 2.64. The number of nitrogens with zero attached hydrogens (tertiary/aromatic N) is 3. The monoisotopic (exact) mass is 296 g/mol. The first-order valence-corrected chi connectivity index (χ1v) is 6.78. The van der Waals surface area contributed by atoms with Crippen LogP contribution in [0, 0.1) is 5.41 Å². The zero-order valence-electron chi connectivity index (χ0n) is 11.1. The Bertz CT molecular complexity index is 484. The Morgan fingerprint density at radius 2 is 2.06 bits per heavy atom. The maximum Gasteiger partial charge on any atom is 0.245 e. The minimum Gasteiger partial charge on any atom is -0.330 e. The minimum atomic E-state index is -3.47. The molecule has 0 saturated carbocycles. The van der Waals surface area contributed by atoms with Gasteiger partial charge in [-0.05, 0) is 12.0 Å². The molecule has 0 aliphatic carbocycles. The first kappa shape index (κ1) is 17.4. The molecule has 106 valence electrons. The topological polar surface area (TPSA) is 81.2 Å². The van der Waals surface area contributed by atoms with Gasteiger partial charge in [0.25, 0.3) is 0 Å². The highest BCUT2D eigenvalue weighted by atomic mass is 35.5. The number of aromatic nitrogens is 2. The fourth-order valence-electron chi connectivity index (χ4n) is 1.46. The quantitative estimate of drug-likeness (QED) is 0.855. The molecule has 0 aliphatic rings. The van der Waals surface area contributed by atoms with E-state index in [2.05, 4.69) is 5.10 Å². The van der Waals surface area contributed by atoms with Crippen molar-refractivity contribution < 1.29 is 8.42 Å². The second-order valence-corrected chi connectivity index (χ2v) is 7.02. The van der Waals surface area contributed by atoms with Crippen LogP contribution in [-0.4, -0.2) is 42.6 Å². The van der Waals surface area contributed by atoms with Gasteiger partial charge in [0.1, 0.15) is 4.90 Å². The van der Waals surface area contributed by atoms with Gasteiger partial charge in [0, 0.05) is 26.8 Å². The van der Waals surface area contributed by atoms with E-state index in [1.165, 1.54) is 21.4 Å². The molecule has 1 rings (SSSR count). The van der Waals surface area contributed by atoms with Crippen LogP contribution in [0.3, 0.4) is 0 Å². The van der Waals surface area contributed by atoms with Gasteiger partial charge in [0.05, 0.1) is 6.20 Å². The lowest BCUT2D eigenvalue weighted by molar-refractivity contribution is 0.292. The van der Waals surface area contributed by atoms with Gasteiger partial charge in [0.2, 0.25) is 10.0 Å². The molecular weight excluding hydrogens is 276 g/mol. The van der Waals surface area contributed by atoms with Gasteiger partial charge in [-0.25, -0.2) is 12.7 Å². The molecule has 0 amide bonds. The maximum absolute atomic E-state index is 12.2. The second kappa shape index (κ2) is 6.01. The Hall–Kier alpha value is -0.630. The van der Waals surface area contributed by atoms with E-state index in [1.807, 2.05) is 13.8 Å². The molecule has 0 saturated heterocycles. The standard InChI is InChI=1S/C10H20N4O2S.ClH/c1-10(2,7-11)8-14(4)17(15,16)9-5-12-13(3)6-9;/h5-6H,7-8,11H2,1-4H3;1H. The smallest absolute Gasteiger partial charge is 0.245 e. The zero-order valence-corrected chi connectivity index (χ0v) is 12.8. The van der Waals surface area contributed by atoms with Crippen LogP contribution in [0.4, 0.5) is 0 Å². The van der Waals surface area contributed by atoms with E-state index >= 15 is 0 Å². The van der Waals surface area contributed by atoms with E-state index in [0.717, 1.165) is 0 Å². The third kappa shape index (κ3) is 3.94. The number of hydrogen-bond acceptors (Lipinski definition) is 4. The SMILES string of the molecule is CN(CC(C)(C)CN)S(=O)(=O)c1cnn(C)c1.Cl. The summed E-state index contributed by atoms with van der Waals surface area (Å²) in [4.78, 5) is 0.204. The molecule has 0 fully saturated rings. The third-order valence-corrected chi connectivity index (χ3v) is 4.35. The lowest BCUT2D eigenvalue weighted by Gasteiger charge is -2.28. The van der Waals surface area contributed by atoms with Crippen molar-refractivity contribution in [3.8, 4) is 0 Å². The van der Waals surface area contributed by atoms with Crippen molar-refractivity contribution in [2.75, 3.05) is 20.1 Å². The molecule has 0 unspecified atom stereocenters. The summed E-state index contributed by atoms with van der Waals surface area (Å²) in [5, 5.41) is 3.87. The van der Waals surface area contributed by atoms with Gasteiger partial charge in [0.15, 0.2) is 0 Å². The van der Waals surface area contributed by atoms with E-state index in [1.54, 1.807) is 14.1 Å². The summed E-state index contributed by atoms with van der Waals surface area (Å²) in [5.41, 5.74) is 5.36. The lowest BCUT2D eigenvalue weighted by Crippen LogP contribution is -2.39.